The van der Waals surface area contributed by atoms with E-state index >= 15 is 0 Å². The number of benzene rings is 1. The van der Waals surface area contributed by atoms with Crippen LogP contribution in [0.4, 0.5) is 11.5 Å². The fourth-order valence-electron chi connectivity index (χ4n) is 2.64. The van der Waals surface area contributed by atoms with E-state index < -0.39 is 0 Å². The van der Waals surface area contributed by atoms with Crippen molar-refractivity contribution >= 4 is 17.2 Å². The fourth-order valence-corrected chi connectivity index (χ4v) is 2.64. The van der Waals surface area contributed by atoms with Gasteiger partial charge in [0.15, 0.2) is 11.5 Å². The van der Waals surface area contributed by atoms with Crippen LogP contribution in [0.3, 0.4) is 0 Å². The Labute approximate surface area is 115 Å². The summed E-state index contributed by atoms with van der Waals surface area (Å²) in [5, 5.41) is 15.7. The molecule has 7 heteroatoms. The monoisotopic (exact) mass is 267 g/mol. The molecule has 100 valence electrons. The summed E-state index contributed by atoms with van der Waals surface area (Å²) in [5.74, 6) is 0.873. The average Bonchev–Trinajstić information content (AvgIpc) is 2.94. The summed E-state index contributed by atoms with van der Waals surface area (Å²) < 4.78 is 1.45. The van der Waals surface area contributed by atoms with Crippen molar-refractivity contribution in [2.75, 3.05) is 17.2 Å². The van der Waals surface area contributed by atoms with Crippen molar-refractivity contribution in [3.8, 4) is 0 Å². The number of nitrogens with two attached hydrogens (primary N) is 1. The highest BCUT2D eigenvalue weighted by atomic mass is 15.6. The highest BCUT2D eigenvalue weighted by molar-refractivity contribution is 5.55. The Kier molecular flexibility index (Phi) is 2.32. The minimum Gasteiger partial charge on any atom is -0.398 e. The van der Waals surface area contributed by atoms with Crippen LogP contribution in [0.25, 0.3) is 5.65 Å². The first-order chi connectivity index (χ1) is 9.81. The van der Waals surface area contributed by atoms with E-state index in [-0.39, 0.29) is 0 Å². The van der Waals surface area contributed by atoms with E-state index in [2.05, 4.69) is 31.6 Å². The van der Waals surface area contributed by atoms with Crippen LogP contribution in [0, 0.1) is 0 Å². The number of nitrogens with zero attached hydrogens (tertiary/aromatic N) is 6. The first-order valence-electron chi connectivity index (χ1n) is 6.48. The number of aromatic nitrogens is 5. The lowest BCUT2D eigenvalue weighted by molar-refractivity contribution is 0.680. The lowest BCUT2D eigenvalue weighted by atomic mass is 9.98. The molecule has 2 N–H and O–H groups in total. The van der Waals surface area contributed by atoms with E-state index in [4.69, 9.17) is 5.73 Å². The Balaban J connectivity index is 1.70. The summed E-state index contributed by atoms with van der Waals surface area (Å²) >= 11 is 0. The summed E-state index contributed by atoms with van der Waals surface area (Å²) in [4.78, 5) is 2.21. The maximum absolute atomic E-state index is 6.02. The van der Waals surface area contributed by atoms with Gasteiger partial charge in [0.25, 0.3) is 0 Å². The number of fused-ring (bicyclic) bond motifs is 2. The Morgan fingerprint density at radius 3 is 3.05 bits per heavy atom. The minimum atomic E-state index is 0.649. The molecule has 0 bridgehead atoms. The van der Waals surface area contributed by atoms with Crippen molar-refractivity contribution in [2.24, 2.45) is 0 Å². The Bertz CT molecular complexity index is 779. The molecule has 4 rings (SSSR count). The fraction of sp³-hybridized carbons (Fsp3) is 0.231. The SMILES string of the molecule is Nc1cccc2c1CCN(c1ccc3nnnn3n1)C2. The number of hydrogen-bond donors (Lipinski definition) is 1. The quantitative estimate of drug-likeness (QED) is 0.652. The normalized spacial score (nSPS) is 14.5. The lowest BCUT2D eigenvalue weighted by Gasteiger charge is -2.30. The summed E-state index contributed by atoms with van der Waals surface area (Å²) in [6.45, 7) is 1.70. The molecular formula is C13H13N7. The van der Waals surface area contributed by atoms with Crippen molar-refractivity contribution in [1.29, 1.82) is 0 Å². The van der Waals surface area contributed by atoms with Crippen LogP contribution in [-0.2, 0) is 13.0 Å². The smallest absolute Gasteiger partial charge is 0.200 e. The molecule has 2 aromatic heterocycles. The number of tetrazole rings is 1. The molecule has 3 heterocycles. The largest absolute Gasteiger partial charge is 0.398 e. The molecule has 1 aliphatic heterocycles. The molecule has 0 saturated heterocycles. The van der Waals surface area contributed by atoms with Crippen LogP contribution in [0.15, 0.2) is 30.3 Å². The van der Waals surface area contributed by atoms with Gasteiger partial charge < -0.3 is 10.6 Å². The molecular weight excluding hydrogens is 254 g/mol. The van der Waals surface area contributed by atoms with Gasteiger partial charge in [-0.2, -0.15) is 0 Å². The molecule has 7 nitrogen and oxygen atoms in total. The van der Waals surface area contributed by atoms with Gasteiger partial charge in [0, 0.05) is 18.8 Å². The zero-order chi connectivity index (χ0) is 13.5. The molecule has 0 unspecified atom stereocenters. The first-order valence-corrected chi connectivity index (χ1v) is 6.48. The minimum absolute atomic E-state index is 0.649. The molecule has 0 atom stereocenters. The van der Waals surface area contributed by atoms with E-state index in [1.54, 1.807) is 0 Å². The molecule has 1 aliphatic rings. The average molecular weight is 267 g/mol. The predicted molar refractivity (Wildman–Crippen MR) is 74.2 cm³/mol. The summed E-state index contributed by atoms with van der Waals surface area (Å²) in [7, 11) is 0. The maximum atomic E-state index is 6.02. The van der Waals surface area contributed by atoms with Crippen LogP contribution in [0.5, 0.6) is 0 Å². The van der Waals surface area contributed by atoms with Crippen molar-refractivity contribution in [3.63, 3.8) is 0 Å². The molecule has 0 saturated carbocycles. The second-order valence-electron chi connectivity index (χ2n) is 4.87. The molecule has 1 aromatic carbocycles. The number of hydrogen-bond acceptors (Lipinski definition) is 6. The maximum Gasteiger partial charge on any atom is 0.200 e. The molecule has 20 heavy (non-hydrogen) atoms. The molecule has 0 amide bonds. The topological polar surface area (TPSA) is 85.2 Å². The number of anilines is 2. The van der Waals surface area contributed by atoms with Crippen molar-refractivity contribution in [2.45, 2.75) is 13.0 Å². The highest BCUT2D eigenvalue weighted by Crippen LogP contribution is 2.26. The number of nitrogen functional groups attached to an aromatic ring is 1. The van der Waals surface area contributed by atoms with Crippen molar-refractivity contribution in [3.05, 3.63) is 41.5 Å². The van der Waals surface area contributed by atoms with Crippen molar-refractivity contribution in [1.82, 2.24) is 25.3 Å². The van der Waals surface area contributed by atoms with Crippen LogP contribution in [0.1, 0.15) is 11.1 Å². The molecule has 0 radical (unpaired) electrons. The lowest BCUT2D eigenvalue weighted by Crippen LogP contribution is -2.31. The zero-order valence-corrected chi connectivity index (χ0v) is 10.8. The standard InChI is InChI=1S/C13H13N7/c14-11-3-1-2-9-8-19(7-6-10(9)11)13-5-4-12-15-17-18-20(12)16-13/h1-5H,6-8,14H2. The predicted octanol–water partition coefficient (Wildman–Crippen LogP) is 0.664. The van der Waals surface area contributed by atoms with Gasteiger partial charge in [-0.05, 0) is 46.2 Å². The van der Waals surface area contributed by atoms with Gasteiger partial charge in [-0.1, -0.05) is 12.1 Å². The first kappa shape index (κ1) is 11.2. The van der Waals surface area contributed by atoms with Crippen LogP contribution in [-0.4, -0.2) is 31.8 Å². The Hall–Kier alpha value is -2.70. The third-order valence-electron chi connectivity index (χ3n) is 3.68. The van der Waals surface area contributed by atoms with Crippen LogP contribution >= 0.6 is 0 Å². The van der Waals surface area contributed by atoms with Gasteiger partial charge in [0.05, 0.1) is 0 Å². The van der Waals surface area contributed by atoms with E-state index in [0.717, 1.165) is 31.0 Å². The van der Waals surface area contributed by atoms with Gasteiger partial charge >= 0.3 is 0 Å². The van der Waals surface area contributed by atoms with E-state index in [0.29, 0.717) is 5.65 Å². The van der Waals surface area contributed by atoms with E-state index in [1.807, 2.05) is 24.3 Å². The summed E-state index contributed by atoms with van der Waals surface area (Å²) in [6, 6.07) is 9.89. The second kappa shape index (κ2) is 4.16. The Morgan fingerprint density at radius 2 is 2.10 bits per heavy atom. The molecule has 0 spiro atoms. The Morgan fingerprint density at radius 1 is 1.15 bits per heavy atom. The zero-order valence-electron chi connectivity index (χ0n) is 10.8. The number of rotatable bonds is 1. The van der Waals surface area contributed by atoms with Crippen LogP contribution < -0.4 is 10.6 Å². The van der Waals surface area contributed by atoms with Gasteiger partial charge in [0.1, 0.15) is 0 Å². The van der Waals surface area contributed by atoms with E-state index in [9.17, 15) is 0 Å². The highest BCUT2D eigenvalue weighted by Gasteiger charge is 2.19. The summed E-state index contributed by atoms with van der Waals surface area (Å²) in [6.07, 6.45) is 0.928. The third-order valence-corrected chi connectivity index (χ3v) is 3.68. The second-order valence-corrected chi connectivity index (χ2v) is 4.87. The van der Waals surface area contributed by atoms with E-state index in [1.165, 1.54) is 15.8 Å². The van der Waals surface area contributed by atoms with Gasteiger partial charge in [-0.25, -0.2) is 0 Å². The third kappa shape index (κ3) is 1.67. The van der Waals surface area contributed by atoms with Crippen molar-refractivity contribution < 1.29 is 0 Å². The summed E-state index contributed by atoms with van der Waals surface area (Å²) in [5.41, 5.74) is 10.1. The van der Waals surface area contributed by atoms with Gasteiger partial charge in [0.2, 0.25) is 0 Å². The molecule has 0 fully saturated rings. The molecule has 0 aliphatic carbocycles. The van der Waals surface area contributed by atoms with Gasteiger partial charge in [-0.3, -0.25) is 0 Å². The van der Waals surface area contributed by atoms with Crippen LogP contribution in [0.2, 0.25) is 0 Å². The molecule has 3 aromatic rings. The van der Waals surface area contributed by atoms with Gasteiger partial charge in [-0.15, -0.1) is 14.8 Å².